The highest BCUT2D eigenvalue weighted by Crippen LogP contribution is 2.55. The second kappa shape index (κ2) is 12.7. The van der Waals surface area contributed by atoms with Crippen LogP contribution in [0.25, 0.3) is 0 Å². The zero-order chi connectivity index (χ0) is 30.5. The zero-order valence-corrected chi connectivity index (χ0v) is 24.7. The number of nitriles is 3. The first kappa shape index (κ1) is 30.7. The number of benzene rings is 1. The summed E-state index contributed by atoms with van der Waals surface area (Å²) in [5, 5.41) is 30.9. The number of fused-ring (bicyclic) bond motifs is 1. The molecule has 1 aliphatic carbocycles. The largest absolute Gasteiger partial charge is 0.490 e. The fourth-order valence-electron chi connectivity index (χ4n) is 5.75. The van der Waals surface area contributed by atoms with Crippen LogP contribution < -0.4 is 15.2 Å². The van der Waals surface area contributed by atoms with Crippen LogP contribution in [0.15, 0.2) is 41.1 Å². The fourth-order valence-corrected chi connectivity index (χ4v) is 5.75. The van der Waals surface area contributed by atoms with Crippen molar-refractivity contribution in [2.75, 3.05) is 59.2 Å². The third-order valence-corrected chi connectivity index (χ3v) is 7.71. The number of hydrogen-bond donors (Lipinski definition) is 1. The molecule has 11 heteroatoms. The van der Waals surface area contributed by atoms with Gasteiger partial charge in [-0.3, -0.25) is 4.90 Å². The van der Waals surface area contributed by atoms with Gasteiger partial charge in [-0.05, 0) is 51.0 Å². The van der Waals surface area contributed by atoms with E-state index in [2.05, 4.69) is 23.1 Å². The molecule has 42 heavy (non-hydrogen) atoms. The molecule has 0 spiro atoms. The van der Waals surface area contributed by atoms with Crippen molar-refractivity contribution in [3.05, 3.63) is 46.7 Å². The van der Waals surface area contributed by atoms with Crippen LogP contribution in [0.3, 0.4) is 0 Å². The highest BCUT2D eigenvalue weighted by Gasteiger charge is 2.55. The number of allylic oxidation sites excluding steroid dienone is 2. The van der Waals surface area contributed by atoms with Crippen molar-refractivity contribution >= 4 is 6.09 Å². The Morgan fingerprint density at radius 1 is 1.14 bits per heavy atom. The lowest BCUT2D eigenvalue weighted by Crippen LogP contribution is -2.50. The summed E-state index contributed by atoms with van der Waals surface area (Å²) in [6.07, 6.45) is 1.25. The number of nitrogens with zero attached hydrogens (tertiary/aromatic N) is 5. The van der Waals surface area contributed by atoms with Crippen molar-refractivity contribution in [1.82, 2.24) is 9.80 Å². The lowest BCUT2D eigenvalue weighted by molar-refractivity contribution is 0.0224. The van der Waals surface area contributed by atoms with Gasteiger partial charge >= 0.3 is 6.09 Å². The Balaban J connectivity index is 1.73. The first-order valence-electron chi connectivity index (χ1n) is 14.2. The molecule has 1 aromatic carbocycles. The normalized spacial score (nSPS) is 22.1. The minimum atomic E-state index is -1.85. The van der Waals surface area contributed by atoms with Crippen LogP contribution in [0.5, 0.6) is 11.5 Å². The van der Waals surface area contributed by atoms with E-state index in [9.17, 15) is 20.6 Å². The molecular formula is C31H38N6O5. The van der Waals surface area contributed by atoms with Gasteiger partial charge in [0, 0.05) is 44.6 Å². The number of carbonyl (C=O) groups is 1. The summed E-state index contributed by atoms with van der Waals surface area (Å²) in [6, 6.07) is 11.7. The van der Waals surface area contributed by atoms with Gasteiger partial charge in [-0.15, -0.1) is 0 Å². The summed E-state index contributed by atoms with van der Waals surface area (Å²) in [5.41, 5.74) is 5.15. The Morgan fingerprint density at radius 3 is 2.48 bits per heavy atom. The number of carbonyl (C=O) groups excluding carboxylic acids is 1. The summed E-state index contributed by atoms with van der Waals surface area (Å²) in [7, 11) is 0. The number of ether oxygens (including phenoxy) is 4. The van der Waals surface area contributed by atoms with Gasteiger partial charge in [0.2, 0.25) is 0 Å². The van der Waals surface area contributed by atoms with Gasteiger partial charge in [0.25, 0.3) is 0 Å². The molecule has 3 aliphatic rings. The first-order chi connectivity index (χ1) is 20.1. The summed E-state index contributed by atoms with van der Waals surface area (Å²) in [5.74, 6) is -0.362. The third-order valence-electron chi connectivity index (χ3n) is 7.71. The lowest BCUT2D eigenvalue weighted by atomic mass is 9.58. The molecule has 0 aromatic heterocycles. The molecule has 0 bridgehead atoms. The van der Waals surface area contributed by atoms with Gasteiger partial charge in [0.15, 0.2) is 16.9 Å². The highest BCUT2D eigenvalue weighted by molar-refractivity contribution is 5.70. The molecule has 1 saturated heterocycles. The van der Waals surface area contributed by atoms with Crippen LogP contribution in [-0.2, 0) is 9.47 Å². The lowest BCUT2D eigenvalue weighted by Gasteiger charge is -2.45. The van der Waals surface area contributed by atoms with E-state index in [1.165, 1.54) is 4.90 Å². The molecule has 0 unspecified atom stereocenters. The minimum Gasteiger partial charge on any atom is -0.490 e. The molecule has 1 amide bonds. The van der Waals surface area contributed by atoms with Crippen LogP contribution >= 0.6 is 0 Å². The molecule has 4 rings (SSSR count). The van der Waals surface area contributed by atoms with Crippen molar-refractivity contribution in [3.63, 3.8) is 0 Å². The van der Waals surface area contributed by atoms with Crippen LogP contribution in [0.4, 0.5) is 4.79 Å². The maximum Gasteiger partial charge on any atom is 0.410 e. The fraction of sp³-hybridized carbons (Fsp3) is 0.548. The van der Waals surface area contributed by atoms with Gasteiger partial charge in [-0.1, -0.05) is 12.1 Å². The zero-order valence-electron chi connectivity index (χ0n) is 24.7. The Hall–Kier alpha value is -4.24. The van der Waals surface area contributed by atoms with Gasteiger partial charge in [0.05, 0.1) is 43.2 Å². The maximum absolute atomic E-state index is 13.0. The molecule has 1 aromatic rings. The summed E-state index contributed by atoms with van der Waals surface area (Å²) in [4.78, 5) is 16.8. The molecule has 2 heterocycles. The van der Waals surface area contributed by atoms with Crippen LogP contribution in [0.1, 0.15) is 39.2 Å². The van der Waals surface area contributed by atoms with E-state index in [1.54, 1.807) is 45.0 Å². The molecular weight excluding hydrogens is 536 g/mol. The van der Waals surface area contributed by atoms with Gasteiger partial charge < -0.3 is 29.6 Å². The van der Waals surface area contributed by atoms with E-state index in [-0.39, 0.29) is 24.4 Å². The van der Waals surface area contributed by atoms with Crippen LogP contribution in [0, 0.1) is 45.3 Å². The van der Waals surface area contributed by atoms with Crippen LogP contribution in [0.2, 0.25) is 0 Å². The van der Waals surface area contributed by atoms with Gasteiger partial charge in [-0.25, -0.2) is 4.79 Å². The molecule has 11 nitrogen and oxygen atoms in total. The van der Waals surface area contributed by atoms with Crippen molar-refractivity contribution in [2.24, 2.45) is 17.1 Å². The van der Waals surface area contributed by atoms with E-state index in [4.69, 9.17) is 24.7 Å². The van der Waals surface area contributed by atoms with E-state index in [1.807, 2.05) is 6.92 Å². The summed E-state index contributed by atoms with van der Waals surface area (Å²) >= 11 is 0. The second-order valence-corrected chi connectivity index (χ2v) is 11.5. The molecule has 2 atom stereocenters. The number of rotatable bonds is 7. The van der Waals surface area contributed by atoms with Crippen LogP contribution in [-0.4, -0.2) is 80.6 Å². The molecule has 0 radical (unpaired) electrons. The average molecular weight is 575 g/mol. The predicted octanol–water partition coefficient (Wildman–Crippen LogP) is 3.46. The van der Waals surface area contributed by atoms with Crippen molar-refractivity contribution in [2.45, 2.75) is 39.2 Å². The Labute approximate surface area is 247 Å². The molecule has 2 aliphatic heterocycles. The summed E-state index contributed by atoms with van der Waals surface area (Å²) < 4.78 is 23.1. The Bertz CT molecular complexity index is 1360. The van der Waals surface area contributed by atoms with Gasteiger partial charge in [-0.2, -0.15) is 15.8 Å². The third kappa shape index (κ3) is 6.16. The SMILES string of the molecule is CCOc1cc([C@H]2[C@@H]3CN(C(=O)OC(C)(C)C)CC=C3C(C#N)=C(N)C2(C#N)C#N)ccc1OCCN1CCOCC1. The number of nitrogens with two attached hydrogens (primary N) is 1. The van der Waals surface area contributed by atoms with Crippen molar-refractivity contribution in [3.8, 4) is 29.7 Å². The predicted molar refractivity (Wildman–Crippen MR) is 153 cm³/mol. The molecule has 1 fully saturated rings. The standard InChI is InChI=1S/C31H38N6O5/c1-5-40-26-16-21(6-7-25(26)41-15-12-36-10-13-39-14-11-36)27-24-18-37(29(38)42-30(2,3)4)9-8-22(24)23(17-32)28(35)31(27,19-33)20-34/h6-8,16,24,27H,5,9-15,18,35H2,1-4H3/t24-,27+/m1/s1. The average Bonchev–Trinajstić information content (AvgIpc) is 2.97. The van der Waals surface area contributed by atoms with E-state index < -0.39 is 28.9 Å². The minimum absolute atomic E-state index is 0.0861. The monoisotopic (exact) mass is 574 g/mol. The quantitative estimate of drug-likeness (QED) is 0.511. The Kier molecular flexibility index (Phi) is 9.31. The second-order valence-electron chi connectivity index (χ2n) is 11.5. The molecule has 0 saturated carbocycles. The van der Waals surface area contributed by atoms with E-state index in [0.717, 1.165) is 19.6 Å². The van der Waals surface area contributed by atoms with E-state index in [0.29, 0.717) is 49.1 Å². The maximum atomic E-state index is 13.0. The summed E-state index contributed by atoms with van der Waals surface area (Å²) in [6.45, 7) is 12.2. The first-order valence-corrected chi connectivity index (χ1v) is 14.2. The number of morpholine rings is 1. The highest BCUT2D eigenvalue weighted by atomic mass is 16.6. The smallest absolute Gasteiger partial charge is 0.410 e. The van der Waals surface area contributed by atoms with Crippen molar-refractivity contribution in [1.29, 1.82) is 15.8 Å². The number of amides is 1. The molecule has 2 N–H and O–H groups in total. The van der Waals surface area contributed by atoms with E-state index >= 15 is 0 Å². The number of hydrogen-bond acceptors (Lipinski definition) is 10. The molecule has 222 valence electrons. The topological polar surface area (TPSA) is 158 Å². The van der Waals surface area contributed by atoms with Crippen molar-refractivity contribution < 1.29 is 23.7 Å². The Morgan fingerprint density at radius 2 is 1.86 bits per heavy atom. The van der Waals surface area contributed by atoms with Gasteiger partial charge in [0.1, 0.15) is 18.3 Å².